The number of aromatic nitrogens is 2. The van der Waals surface area contributed by atoms with Crippen LogP contribution in [0, 0.1) is 0 Å². The van der Waals surface area contributed by atoms with E-state index in [-0.39, 0.29) is 12.1 Å². The van der Waals surface area contributed by atoms with Crippen molar-refractivity contribution in [2.24, 2.45) is 5.84 Å². The van der Waals surface area contributed by atoms with Crippen LogP contribution in [0.15, 0.2) is 6.07 Å². The molecule has 1 aliphatic carbocycles. The molecule has 1 fully saturated rings. The lowest BCUT2D eigenvalue weighted by Gasteiger charge is -2.22. The van der Waals surface area contributed by atoms with Crippen LogP contribution in [0.2, 0.25) is 0 Å². The van der Waals surface area contributed by atoms with E-state index in [1.165, 1.54) is 6.42 Å². The Kier molecular flexibility index (Phi) is 4.93. The molecule has 2 unspecified atom stereocenters. The van der Waals surface area contributed by atoms with Gasteiger partial charge in [-0.25, -0.2) is 15.8 Å². The molecule has 1 aliphatic rings. The second kappa shape index (κ2) is 6.68. The standard InChI is InChI=1S/C13H23N5O/c1-2-11-16-12(8-13(17-11)18-14)15-9-6-4-3-5-7-10(9)19/h8-10,19H,2-7,14H2,1H3,(H2,15,16,17,18). The van der Waals surface area contributed by atoms with Crippen molar-refractivity contribution in [3.05, 3.63) is 11.9 Å². The number of rotatable bonds is 4. The Morgan fingerprint density at radius 2 is 2.00 bits per heavy atom. The van der Waals surface area contributed by atoms with Gasteiger partial charge in [0.05, 0.1) is 12.1 Å². The summed E-state index contributed by atoms with van der Waals surface area (Å²) < 4.78 is 0. The van der Waals surface area contributed by atoms with Crippen LogP contribution >= 0.6 is 0 Å². The number of nitrogens with zero attached hydrogens (tertiary/aromatic N) is 2. The summed E-state index contributed by atoms with van der Waals surface area (Å²) in [5.41, 5.74) is 2.55. The maximum atomic E-state index is 10.1. The van der Waals surface area contributed by atoms with E-state index in [1.807, 2.05) is 6.92 Å². The number of anilines is 2. The fourth-order valence-corrected chi connectivity index (χ4v) is 2.45. The van der Waals surface area contributed by atoms with E-state index >= 15 is 0 Å². The first-order valence-electron chi connectivity index (χ1n) is 7.02. The summed E-state index contributed by atoms with van der Waals surface area (Å²) >= 11 is 0. The summed E-state index contributed by atoms with van der Waals surface area (Å²) in [6.07, 6.45) is 5.69. The van der Waals surface area contributed by atoms with Gasteiger partial charge in [0.2, 0.25) is 0 Å². The molecule has 6 heteroatoms. The van der Waals surface area contributed by atoms with E-state index in [0.29, 0.717) is 5.82 Å². The van der Waals surface area contributed by atoms with Crippen molar-refractivity contribution in [1.29, 1.82) is 0 Å². The summed E-state index contributed by atoms with van der Waals surface area (Å²) in [6, 6.07) is 1.84. The molecule has 0 aromatic carbocycles. The Labute approximate surface area is 113 Å². The van der Waals surface area contributed by atoms with Crippen LogP contribution in [0.1, 0.15) is 44.9 Å². The fraction of sp³-hybridized carbons (Fsp3) is 0.692. The van der Waals surface area contributed by atoms with Crippen LogP contribution in [0.4, 0.5) is 11.6 Å². The van der Waals surface area contributed by atoms with Crippen LogP contribution in [0.5, 0.6) is 0 Å². The van der Waals surface area contributed by atoms with Crippen molar-refractivity contribution in [1.82, 2.24) is 9.97 Å². The SMILES string of the molecule is CCc1nc(NN)cc(NC2CCCCCC2O)n1. The highest BCUT2D eigenvalue weighted by Crippen LogP contribution is 2.22. The van der Waals surface area contributed by atoms with Crippen LogP contribution in [-0.2, 0) is 6.42 Å². The van der Waals surface area contributed by atoms with Gasteiger partial charge in [-0.15, -0.1) is 0 Å². The molecular formula is C13H23N5O. The van der Waals surface area contributed by atoms with E-state index in [9.17, 15) is 5.11 Å². The zero-order valence-electron chi connectivity index (χ0n) is 11.4. The van der Waals surface area contributed by atoms with Crippen molar-refractivity contribution in [2.75, 3.05) is 10.7 Å². The highest BCUT2D eigenvalue weighted by Gasteiger charge is 2.22. The molecule has 1 saturated carbocycles. The molecule has 1 aromatic rings. The fourth-order valence-electron chi connectivity index (χ4n) is 2.45. The molecule has 106 valence electrons. The monoisotopic (exact) mass is 265 g/mol. The number of hydrazine groups is 1. The third-order valence-electron chi connectivity index (χ3n) is 3.55. The predicted molar refractivity (Wildman–Crippen MR) is 75.7 cm³/mol. The minimum Gasteiger partial charge on any atom is -0.391 e. The Morgan fingerprint density at radius 3 is 2.74 bits per heavy atom. The van der Waals surface area contributed by atoms with E-state index in [2.05, 4.69) is 20.7 Å². The Hall–Kier alpha value is -1.40. The summed E-state index contributed by atoms with van der Waals surface area (Å²) in [7, 11) is 0. The second-order valence-electron chi connectivity index (χ2n) is 5.01. The zero-order chi connectivity index (χ0) is 13.7. The number of aryl methyl sites for hydroxylation is 1. The first-order chi connectivity index (χ1) is 9.22. The van der Waals surface area contributed by atoms with Crippen molar-refractivity contribution in [3.8, 4) is 0 Å². The molecular weight excluding hydrogens is 242 g/mol. The maximum absolute atomic E-state index is 10.1. The lowest BCUT2D eigenvalue weighted by Crippen LogP contribution is -2.33. The van der Waals surface area contributed by atoms with E-state index < -0.39 is 0 Å². The van der Waals surface area contributed by atoms with Gasteiger partial charge < -0.3 is 15.8 Å². The van der Waals surface area contributed by atoms with Gasteiger partial charge in [0.15, 0.2) is 0 Å². The Bertz CT molecular complexity index is 390. The molecule has 0 bridgehead atoms. The molecule has 0 spiro atoms. The highest BCUT2D eigenvalue weighted by molar-refractivity contribution is 5.47. The number of nitrogens with one attached hydrogen (secondary N) is 2. The first-order valence-corrected chi connectivity index (χ1v) is 7.02. The second-order valence-corrected chi connectivity index (χ2v) is 5.01. The molecule has 0 aliphatic heterocycles. The number of hydrogen-bond acceptors (Lipinski definition) is 6. The number of hydrogen-bond donors (Lipinski definition) is 4. The third kappa shape index (κ3) is 3.78. The Morgan fingerprint density at radius 1 is 1.26 bits per heavy atom. The van der Waals surface area contributed by atoms with Crippen molar-refractivity contribution in [3.63, 3.8) is 0 Å². The minimum absolute atomic E-state index is 0.0627. The number of nitrogens with two attached hydrogens (primary N) is 1. The molecule has 0 radical (unpaired) electrons. The summed E-state index contributed by atoms with van der Waals surface area (Å²) in [5.74, 6) is 7.47. The van der Waals surface area contributed by atoms with Gasteiger partial charge in [-0.2, -0.15) is 0 Å². The highest BCUT2D eigenvalue weighted by atomic mass is 16.3. The quantitative estimate of drug-likeness (QED) is 0.374. The third-order valence-corrected chi connectivity index (χ3v) is 3.55. The van der Waals surface area contributed by atoms with Crippen molar-refractivity contribution in [2.45, 2.75) is 57.6 Å². The molecule has 1 heterocycles. The largest absolute Gasteiger partial charge is 0.391 e. The molecule has 0 saturated heterocycles. The van der Waals surface area contributed by atoms with E-state index in [0.717, 1.165) is 43.7 Å². The lowest BCUT2D eigenvalue weighted by molar-refractivity contribution is 0.144. The van der Waals surface area contributed by atoms with Gasteiger partial charge >= 0.3 is 0 Å². The number of aliphatic hydroxyl groups is 1. The molecule has 6 nitrogen and oxygen atoms in total. The molecule has 0 amide bonds. The molecule has 1 aromatic heterocycles. The van der Waals surface area contributed by atoms with E-state index in [1.54, 1.807) is 6.07 Å². The molecule has 2 rings (SSSR count). The number of aliphatic hydroxyl groups excluding tert-OH is 1. The van der Waals surface area contributed by atoms with Crippen LogP contribution < -0.4 is 16.6 Å². The van der Waals surface area contributed by atoms with Crippen LogP contribution in [0.25, 0.3) is 0 Å². The smallest absolute Gasteiger partial charge is 0.145 e. The average molecular weight is 265 g/mol. The lowest BCUT2D eigenvalue weighted by atomic mass is 10.1. The van der Waals surface area contributed by atoms with Gasteiger partial charge in [0, 0.05) is 12.5 Å². The number of nitrogen functional groups attached to an aromatic ring is 1. The van der Waals surface area contributed by atoms with Crippen molar-refractivity contribution >= 4 is 11.6 Å². The molecule has 2 atom stereocenters. The Balaban J connectivity index is 2.12. The van der Waals surface area contributed by atoms with Gasteiger partial charge in [-0.05, 0) is 12.8 Å². The van der Waals surface area contributed by atoms with Gasteiger partial charge in [-0.1, -0.05) is 26.2 Å². The van der Waals surface area contributed by atoms with Gasteiger partial charge in [0.1, 0.15) is 17.5 Å². The summed E-state index contributed by atoms with van der Waals surface area (Å²) in [6.45, 7) is 2.00. The first kappa shape index (κ1) is 14.0. The maximum Gasteiger partial charge on any atom is 0.145 e. The van der Waals surface area contributed by atoms with Gasteiger partial charge in [-0.3, -0.25) is 0 Å². The zero-order valence-corrected chi connectivity index (χ0v) is 11.4. The molecule has 5 N–H and O–H groups in total. The van der Waals surface area contributed by atoms with E-state index in [4.69, 9.17) is 5.84 Å². The summed E-state index contributed by atoms with van der Waals surface area (Å²) in [5, 5.41) is 13.4. The van der Waals surface area contributed by atoms with Crippen molar-refractivity contribution < 1.29 is 5.11 Å². The van der Waals surface area contributed by atoms with Crippen LogP contribution in [-0.4, -0.2) is 27.2 Å². The van der Waals surface area contributed by atoms with Gasteiger partial charge in [0.25, 0.3) is 0 Å². The topological polar surface area (TPSA) is 96.1 Å². The predicted octanol–water partition coefficient (Wildman–Crippen LogP) is 1.43. The average Bonchev–Trinajstić information content (AvgIpc) is 2.63. The normalized spacial score (nSPS) is 23.7. The minimum atomic E-state index is -0.308. The molecule has 19 heavy (non-hydrogen) atoms. The van der Waals surface area contributed by atoms with Crippen LogP contribution in [0.3, 0.4) is 0 Å². The summed E-state index contributed by atoms with van der Waals surface area (Å²) in [4.78, 5) is 8.68.